The fourth-order valence-corrected chi connectivity index (χ4v) is 4.83. The summed E-state index contributed by atoms with van der Waals surface area (Å²) in [4.78, 5) is 12.8. The van der Waals surface area contributed by atoms with E-state index in [0.717, 1.165) is 24.0 Å². The molecule has 0 spiro atoms. The van der Waals surface area contributed by atoms with E-state index < -0.39 is 10.0 Å². The molecule has 0 aliphatic heterocycles. The van der Waals surface area contributed by atoms with E-state index in [1.54, 1.807) is 49.6 Å². The number of amides is 1. The predicted molar refractivity (Wildman–Crippen MR) is 137 cm³/mol. The van der Waals surface area contributed by atoms with E-state index in [-0.39, 0.29) is 28.5 Å². The molecule has 3 aromatic rings. The van der Waals surface area contributed by atoms with E-state index in [4.69, 9.17) is 27.9 Å². The number of hydrogen-bond acceptors (Lipinski definition) is 4. The minimum atomic E-state index is -3.63. The lowest BCUT2D eigenvalue weighted by Gasteiger charge is -2.24. The number of halogens is 2. The summed E-state index contributed by atoms with van der Waals surface area (Å²) in [6.45, 7) is 2.04. The second-order valence-electron chi connectivity index (χ2n) is 7.75. The number of benzene rings is 3. The Balaban J connectivity index is 1.76. The van der Waals surface area contributed by atoms with Crippen molar-refractivity contribution in [2.24, 2.45) is 0 Å². The van der Waals surface area contributed by atoms with Gasteiger partial charge >= 0.3 is 0 Å². The van der Waals surface area contributed by atoms with Crippen LogP contribution in [0.3, 0.4) is 0 Å². The van der Waals surface area contributed by atoms with Gasteiger partial charge in [0.2, 0.25) is 10.0 Å². The lowest BCUT2D eigenvalue weighted by atomic mass is 10.0. The first-order valence-corrected chi connectivity index (χ1v) is 13.2. The van der Waals surface area contributed by atoms with Crippen molar-refractivity contribution >= 4 is 44.8 Å². The van der Waals surface area contributed by atoms with Gasteiger partial charge in [-0.15, -0.1) is 0 Å². The third kappa shape index (κ3) is 6.23. The van der Waals surface area contributed by atoms with E-state index in [0.29, 0.717) is 16.8 Å². The van der Waals surface area contributed by atoms with Crippen molar-refractivity contribution < 1.29 is 17.9 Å². The molecule has 9 heteroatoms. The van der Waals surface area contributed by atoms with Crippen LogP contribution >= 0.6 is 23.2 Å². The van der Waals surface area contributed by atoms with E-state index >= 15 is 0 Å². The van der Waals surface area contributed by atoms with E-state index in [1.165, 1.54) is 4.31 Å². The fraction of sp³-hybridized carbons (Fsp3) is 0.240. The Hall–Kier alpha value is -2.74. The van der Waals surface area contributed by atoms with Crippen LogP contribution in [-0.4, -0.2) is 27.7 Å². The van der Waals surface area contributed by atoms with E-state index in [2.05, 4.69) is 5.32 Å². The van der Waals surface area contributed by atoms with Crippen molar-refractivity contribution in [3.8, 4) is 5.75 Å². The van der Waals surface area contributed by atoms with Crippen LogP contribution in [0.5, 0.6) is 5.75 Å². The number of carbonyl (C=O) groups is 1. The van der Waals surface area contributed by atoms with Crippen LogP contribution in [-0.2, 0) is 16.6 Å². The number of sulfonamides is 1. The average molecular weight is 521 g/mol. The number of rotatable bonds is 9. The molecule has 3 aromatic carbocycles. The molecule has 1 atom stereocenters. The SMILES string of the molecule is CCC(NC(=O)c1ccc(CN(c2cccc(Cl)c2Cl)S(C)(=O)=O)cc1)c1ccc(OC)cc1. The predicted octanol–water partition coefficient (Wildman–Crippen LogP) is 5.85. The molecule has 0 aromatic heterocycles. The Bertz CT molecular complexity index is 1250. The lowest BCUT2D eigenvalue weighted by Crippen LogP contribution is -2.30. The highest BCUT2D eigenvalue weighted by Crippen LogP contribution is 2.34. The second kappa shape index (κ2) is 11.1. The molecular weight excluding hydrogens is 495 g/mol. The number of nitrogens with zero attached hydrogens (tertiary/aromatic N) is 1. The lowest BCUT2D eigenvalue weighted by molar-refractivity contribution is 0.0935. The highest BCUT2D eigenvalue weighted by atomic mass is 35.5. The van der Waals surface area contributed by atoms with Gasteiger partial charge in [0.05, 0.1) is 41.7 Å². The van der Waals surface area contributed by atoms with Crippen molar-refractivity contribution in [3.05, 3.63) is 93.5 Å². The number of nitrogens with one attached hydrogen (secondary N) is 1. The molecule has 0 heterocycles. The van der Waals surface area contributed by atoms with Crippen LogP contribution in [0.1, 0.15) is 40.9 Å². The molecule has 0 aliphatic rings. The Kier molecular flexibility index (Phi) is 8.47. The normalized spacial score (nSPS) is 12.1. The molecule has 1 N–H and O–H groups in total. The average Bonchev–Trinajstić information content (AvgIpc) is 2.82. The van der Waals surface area contributed by atoms with Crippen molar-refractivity contribution in [1.82, 2.24) is 5.32 Å². The van der Waals surface area contributed by atoms with Gasteiger partial charge in [-0.2, -0.15) is 0 Å². The van der Waals surface area contributed by atoms with Crippen molar-refractivity contribution in [2.75, 3.05) is 17.7 Å². The van der Waals surface area contributed by atoms with Crippen molar-refractivity contribution in [2.45, 2.75) is 25.9 Å². The first-order chi connectivity index (χ1) is 16.1. The van der Waals surface area contributed by atoms with Crippen LogP contribution in [0.15, 0.2) is 66.7 Å². The summed E-state index contributed by atoms with van der Waals surface area (Å²) in [7, 11) is -2.03. The maximum atomic E-state index is 12.8. The molecule has 34 heavy (non-hydrogen) atoms. The number of ether oxygens (including phenoxy) is 1. The molecule has 1 amide bonds. The number of hydrogen-bond donors (Lipinski definition) is 1. The molecule has 0 bridgehead atoms. The van der Waals surface area contributed by atoms with Gasteiger partial charge in [-0.25, -0.2) is 8.42 Å². The summed E-state index contributed by atoms with van der Waals surface area (Å²) in [5.74, 6) is 0.537. The number of carbonyl (C=O) groups excluding carboxylic acids is 1. The standard InChI is InChI=1S/C25H26Cl2N2O4S/c1-4-22(18-12-14-20(33-2)15-13-18)28-25(30)19-10-8-17(9-11-19)16-29(34(3,31)32)23-7-5-6-21(26)24(23)27/h5-15,22H,4,16H2,1-3H3,(H,28,30). The Morgan fingerprint density at radius 2 is 1.68 bits per heavy atom. The molecular formula is C25H26Cl2N2O4S. The van der Waals surface area contributed by atoms with Gasteiger partial charge in [0.1, 0.15) is 5.75 Å². The topological polar surface area (TPSA) is 75.7 Å². The summed E-state index contributed by atoms with van der Waals surface area (Å²) in [5.41, 5.74) is 2.45. The fourth-order valence-electron chi connectivity index (χ4n) is 3.49. The zero-order valence-corrected chi connectivity index (χ0v) is 21.4. The highest BCUT2D eigenvalue weighted by molar-refractivity contribution is 7.92. The molecule has 0 fully saturated rings. The van der Waals surface area contributed by atoms with Gasteiger partial charge in [-0.3, -0.25) is 9.10 Å². The van der Waals surface area contributed by atoms with Gasteiger partial charge in [0.25, 0.3) is 5.91 Å². The highest BCUT2D eigenvalue weighted by Gasteiger charge is 2.22. The minimum absolute atomic E-state index is 0.0459. The first-order valence-electron chi connectivity index (χ1n) is 10.6. The summed E-state index contributed by atoms with van der Waals surface area (Å²) in [5, 5.41) is 3.47. The molecule has 0 saturated heterocycles. The Morgan fingerprint density at radius 1 is 1.03 bits per heavy atom. The van der Waals surface area contributed by atoms with Crippen LogP contribution < -0.4 is 14.4 Å². The van der Waals surface area contributed by atoms with Crippen LogP contribution in [0.2, 0.25) is 10.0 Å². The van der Waals surface area contributed by atoms with Gasteiger partial charge in [0, 0.05) is 5.56 Å². The zero-order valence-electron chi connectivity index (χ0n) is 19.1. The molecule has 0 radical (unpaired) electrons. The van der Waals surface area contributed by atoms with Gasteiger partial charge in [-0.05, 0) is 53.9 Å². The van der Waals surface area contributed by atoms with E-state index in [1.807, 2.05) is 31.2 Å². The summed E-state index contributed by atoms with van der Waals surface area (Å²) < 4.78 is 31.3. The summed E-state index contributed by atoms with van der Waals surface area (Å²) in [6, 6.07) is 19.0. The van der Waals surface area contributed by atoms with Gasteiger partial charge in [0.15, 0.2) is 0 Å². The maximum absolute atomic E-state index is 12.8. The third-order valence-corrected chi connectivity index (χ3v) is 7.31. The minimum Gasteiger partial charge on any atom is -0.497 e. The number of methoxy groups -OCH3 is 1. The zero-order chi connectivity index (χ0) is 24.9. The van der Waals surface area contributed by atoms with Crippen LogP contribution in [0, 0.1) is 0 Å². The molecule has 180 valence electrons. The van der Waals surface area contributed by atoms with Crippen LogP contribution in [0.25, 0.3) is 0 Å². The quantitative estimate of drug-likeness (QED) is 0.383. The monoisotopic (exact) mass is 520 g/mol. The molecule has 0 saturated carbocycles. The van der Waals surface area contributed by atoms with Crippen molar-refractivity contribution in [1.29, 1.82) is 0 Å². The maximum Gasteiger partial charge on any atom is 0.251 e. The third-order valence-electron chi connectivity index (χ3n) is 5.37. The molecule has 1 unspecified atom stereocenters. The van der Waals surface area contributed by atoms with Gasteiger partial charge in [-0.1, -0.05) is 60.5 Å². The second-order valence-corrected chi connectivity index (χ2v) is 10.4. The number of anilines is 1. The first kappa shape index (κ1) is 25.9. The van der Waals surface area contributed by atoms with Gasteiger partial charge < -0.3 is 10.1 Å². The largest absolute Gasteiger partial charge is 0.497 e. The van der Waals surface area contributed by atoms with Crippen molar-refractivity contribution in [3.63, 3.8) is 0 Å². The molecule has 3 rings (SSSR count). The van der Waals surface area contributed by atoms with Crippen LogP contribution in [0.4, 0.5) is 5.69 Å². The summed E-state index contributed by atoms with van der Waals surface area (Å²) in [6.07, 6.45) is 1.83. The van der Waals surface area contributed by atoms with E-state index in [9.17, 15) is 13.2 Å². The smallest absolute Gasteiger partial charge is 0.251 e. The Labute approximate surface area is 210 Å². The Morgan fingerprint density at radius 3 is 2.24 bits per heavy atom. The molecule has 0 aliphatic carbocycles. The molecule has 6 nitrogen and oxygen atoms in total. The summed E-state index contributed by atoms with van der Waals surface area (Å²) >= 11 is 12.3.